The highest BCUT2D eigenvalue weighted by molar-refractivity contribution is 7.92. The average Bonchev–Trinajstić information content (AvgIpc) is 2.47. The molecule has 6 heteroatoms. The van der Waals surface area contributed by atoms with Crippen LogP contribution in [0, 0.1) is 0 Å². The molecule has 0 fully saturated rings. The zero-order valence-electron chi connectivity index (χ0n) is 12.0. The molecule has 0 saturated heterocycles. The molecule has 2 aromatic rings. The summed E-state index contributed by atoms with van der Waals surface area (Å²) in [7, 11) is -3.68. The van der Waals surface area contributed by atoms with Crippen LogP contribution in [-0.2, 0) is 15.6 Å². The minimum absolute atomic E-state index is 0.188. The molecule has 0 aliphatic carbocycles. The summed E-state index contributed by atoms with van der Waals surface area (Å²) in [6.45, 7) is 1.94. The molecule has 0 saturated carbocycles. The van der Waals surface area contributed by atoms with Crippen LogP contribution in [0.1, 0.15) is 18.9 Å². The second-order valence-corrected chi connectivity index (χ2v) is 7.87. The second kappa shape index (κ2) is 5.26. The van der Waals surface area contributed by atoms with Crippen LogP contribution in [0.4, 0.5) is 5.69 Å². The van der Waals surface area contributed by atoms with Crippen LogP contribution >= 0.6 is 11.6 Å². The predicted molar refractivity (Wildman–Crippen MR) is 86.6 cm³/mol. The maximum absolute atomic E-state index is 12.9. The second-order valence-electron chi connectivity index (χ2n) is 5.57. The number of aliphatic hydroxyl groups is 1. The Bertz CT molecular complexity index is 800. The van der Waals surface area contributed by atoms with Gasteiger partial charge in [0.15, 0.2) is 0 Å². The van der Waals surface area contributed by atoms with Crippen LogP contribution in [-0.4, -0.2) is 20.1 Å². The topological polar surface area (TPSA) is 57.6 Å². The molecule has 0 radical (unpaired) electrons. The van der Waals surface area contributed by atoms with E-state index in [0.29, 0.717) is 22.7 Å². The molecule has 3 rings (SSSR count). The van der Waals surface area contributed by atoms with Gasteiger partial charge < -0.3 is 5.11 Å². The summed E-state index contributed by atoms with van der Waals surface area (Å²) in [6.07, 6.45) is 0.344. The molecule has 1 atom stereocenters. The summed E-state index contributed by atoms with van der Waals surface area (Å²) >= 11 is 5.82. The smallest absolute Gasteiger partial charge is 0.264 e. The van der Waals surface area contributed by atoms with Gasteiger partial charge in [0.05, 0.1) is 16.2 Å². The van der Waals surface area contributed by atoms with Crippen LogP contribution in [0.2, 0.25) is 5.02 Å². The molecule has 1 aliphatic rings. The highest BCUT2D eigenvalue weighted by Crippen LogP contribution is 2.40. The van der Waals surface area contributed by atoms with Crippen LogP contribution in [0.15, 0.2) is 53.4 Å². The molecule has 2 aromatic carbocycles. The third kappa shape index (κ3) is 2.49. The third-order valence-corrected chi connectivity index (χ3v) is 6.04. The molecule has 22 heavy (non-hydrogen) atoms. The van der Waals surface area contributed by atoms with E-state index in [0.717, 1.165) is 0 Å². The quantitative estimate of drug-likeness (QED) is 0.915. The zero-order valence-corrected chi connectivity index (χ0v) is 13.6. The highest BCUT2D eigenvalue weighted by atomic mass is 35.5. The fourth-order valence-electron chi connectivity index (χ4n) is 2.70. The van der Waals surface area contributed by atoms with Crippen molar-refractivity contribution >= 4 is 27.3 Å². The molecule has 1 heterocycles. The van der Waals surface area contributed by atoms with Gasteiger partial charge in [-0.25, -0.2) is 8.42 Å². The Balaban J connectivity index is 2.11. The van der Waals surface area contributed by atoms with E-state index in [1.807, 2.05) is 0 Å². The van der Waals surface area contributed by atoms with Gasteiger partial charge in [-0.15, -0.1) is 0 Å². The Morgan fingerprint density at radius 1 is 1.14 bits per heavy atom. The van der Waals surface area contributed by atoms with Crippen LogP contribution < -0.4 is 4.31 Å². The maximum atomic E-state index is 12.9. The van der Waals surface area contributed by atoms with Crippen molar-refractivity contribution in [1.29, 1.82) is 0 Å². The Morgan fingerprint density at radius 3 is 2.45 bits per heavy atom. The van der Waals surface area contributed by atoms with E-state index in [1.54, 1.807) is 43.3 Å². The number of nitrogens with zero attached hydrogens (tertiary/aromatic N) is 1. The standard InChI is InChI=1S/C16H16ClNO3S/c1-16(19)10-11-18(15-5-3-2-4-14(15)16)22(20,21)13-8-6-12(17)7-9-13/h2-9,19H,10-11H2,1H3. The lowest BCUT2D eigenvalue weighted by atomic mass is 9.88. The van der Waals surface area contributed by atoms with E-state index in [-0.39, 0.29) is 11.4 Å². The number of benzene rings is 2. The number of fused-ring (bicyclic) bond motifs is 1. The molecule has 0 aromatic heterocycles. The van der Waals surface area contributed by atoms with E-state index >= 15 is 0 Å². The van der Waals surface area contributed by atoms with Crippen molar-refractivity contribution in [2.24, 2.45) is 0 Å². The van der Waals surface area contributed by atoms with Gasteiger partial charge in [-0.1, -0.05) is 29.8 Å². The normalized spacial score (nSPS) is 21.5. The number of sulfonamides is 1. The summed E-state index contributed by atoms with van der Waals surface area (Å²) in [6, 6.07) is 13.1. The molecule has 0 bridgehead atoms. The first kappa shape index (κ1) is 15.3. The van der Waals surface area contributed by atoms with E-state index < -0.39 is 15.6 Å². The minimum Gasteiger partial charge on any atom is -0.385 e. The number of halogens is 1. The summed E-state index contributed by atoms with van der Waals surface area (Å²) in [5.41, 5.74) is 0.121. The molecule has 0 spiro atoms. The van der Waals surface area contributed by atoms with Crippen molar-refractivity contribution in [1.82, 2.24) is 0 Å². The van der Waals surface area contributed by atoms with Gasteiger partial charge in [-0.3, -0.25) is 4.31 Å². The first-order valence-electron chi connectivity index (χ1n) is 6.92. The van der Waals surface area contributed by atoms with Crippen molar-refractivity contribution in [3.8, 4) is 0 Å². The number of hydrogen-bond donors (Lipinski definition) is 1. The van der Waals surface area contributed by atoms with Gasteiger partial charge in [0, 0.05) is 17.1 Å². The van der Waals surface area contributed by atoms with Gasteiger partial charge in [0.2, 0.25) is 0 Å². The van der Waals surface area contributed by atoms with E-state index in [1.165, 1.54) is 16.4 Å². The molecule has 1 N–H and O–H groups in total. The van der Waals surface area contributed by atoms with Gasteiger partial charge >= 0.3 is 0 Å². The van der Waals surface area contributed by atoms with Crippen molar-refractivity contribution in [3.05, 3.63) is 59.1 Å². The molecular weight excluding hydrogens is 322 g/mol. The highest BCUT2D eigenvalue weighted by Gasteiger charge is 2.37. The number of anilines is 1. The van der Waals surface area contributed by atoms with Crippen LogP contribution in [0.25, 0.3) is 0 Å². The lowest BCUT2D eigenvalue weighted by Gasteiger charge is -2.38. The fourth-order valence-corrected chi connectivity index (χ4v) is 4.31. The van der Waals surface area contributed by atoms with Crippen molar-refractivity contribution in [2.75, 3.05) is 10.8 Å². The van der Waals surface area contributed by atoms with E-state index in [9.17, 15) is 13.5 Å². The van der Waals surface area contributed by atoms with E-state index in [2.05, 4.69) is 0 Å². The van der Waals surface area contributed by atoms with Gasteiger partial charge in [0.25, 0.3) is 10.0 Å². The predicted octanol–water partition coefficient (Wildman–Crippen LogP) is 3.15. The number of rotatable bonds is 2. The molecule has 0 amide bonds. The minimum atomic E-state index is -3.68. The van der Waals surface area contributed by atoms with Crippen molar-refractivity contribution < 1.29 is 13.5 Å². The summed E-state index contributed by atoms with van der Waals surface area (Å²) < 4.78 is 27.1. The van der Waals surface area contributed by atoms with Crippen LogP contribution in [0.3, 0.4) is 0 Å². The van der Waals surface area contributed by atoms with Gasteiger partial charge in [-0.05, 0) is 43.7 Å². The fraction of sp³-hybridized carbons (Fsp3) is 0.250. The van der Waals surface area contributed by atoms with Crippen LogP contribution in [0.5, 0.6) is 0 Å². The summed E-state index contributed by atoms with van der Waals surface area (Å²) in [5, 5.41) is 11.0. The molecule has 116 valence electrons. The Labute approximate surface area is 135 Å². The van der Waals surface area contributed by atoms with Crippen molar-refractivity contribution in [3.63, 3.8) is 0 Å². The Kier molecular flexibility index (Phi) is 3.67. The molecule has 1 unspecified atom stereocenters. The average molecular weight is 338 g/mol. The van der Waals surface area contributed by atoms with Crippen molar-refractivity contribution in [2.45, 2.75) is 23.8 Å². The Morgan fingerprint density at radius 2 is 1.77 bits per heavy atom. The maximum Gasteiger partial charge on any atom is 0.264 e. The first-order valence-corrected chi connectivity index (χ1v) is 8.74. The lowest BCUT2D eigenvalue weighted by Crippen LogP contribution is -2.42. The van der Waals surface area contributed by atoms with Gasteiger partial charge in [-0.2, -0.15) is 0 Å². The Hall–Kier alpha value is -1.56. The largest absolute Gasteiger partial charge is 0.385 e. The number of para-hydroxylation sites is 1. The molecule has 1 aliphatic heterocycles. The summed E-state index contributed by atoms with van der Waals surface area (Å²) in [4.78, 5) is 0.188. The summed E-state index contributed by atoms with van der Waals surface area (Å²) in [5.74, 6) is 0. The molecular formula is C16H16ClNO3S. The van der Waals surface area contributed by atoms with Gasteiger partial charge in [0.1, 0.15) is 0 Å². The van der Waals surface area contributed by atoms with E-state index in [4.69, 9.17) is 11.6 Å². The lowest BCUT2D eigenvalue weighted by molar-refractivity contribution is 0.0472. The number of hydrogen-bond acceptors (Lipinski definition) is 3. The third-order valence-electron chi connectivity index (χ3n) is 3.96. The monoisotopic (exact) mass is 337 g/mol. The zero-order chi connectivity index (χ0) is 16.0. The first-order chi connectivity index (χ1) is 10.3. The molecule has 4 nitrogen and oxygen atoms in total. The SMILES string of the molecule is CC1(O)CCN(S(=O)(=O)c2ccc(Cl)cc2)c2ccccc21.